The van der Waals surface area contributed by atoms with Crippen molar-refractivity contribution in [1.82, 2.24) is 10.2 Å². The van der Waals surface area contributed by atoms with Crippen molar-refractivity contribution in [3.63, 3.8) is 0 Å². The van der Waals surface area contributed by atoms with Crippen LogP contribution in [0.15, 0.2) is 0 Å². The predicted molar refractivity (Wildman–Crippen MR) is 48.9 cm³/mol. The van der Waals surface area contributed by atoms with Crippen molar-refractivity contribution in [2.45, 2.75) is 39.3 Å². The Morgan fingerprint density at radius 1 is 1.58 bits per heavy atom. The van der Waals surface area contributed by atoms with Crippen molar-refractivity contribution < 1.29 is 4.79 Å². The standard InChI is InChI=1S/C9H18N2O/c1-7(2)11-5-4-10-9(12)6-8(11)3/h7-8H,4-6H2,1-3H3,(H,10,12). The summed E-state index contributed by atoms with van der Waals surface area (Å²) in [5, 5.41) is 2.88. The fraction of sp³-hybridized carbons (Fsp3) is 0.889. The van der Waals surface area contributed by atoms with Crippen molar-refractivity contribution in [2.75, 3.05) is 13.1 Å². The highest BCUT2D eigenvalue weighted by Gasteiger charge is 2.22. The molecule has 3 nitrogen and oxygen atoms in total. The van der Waals surface area contributed by atoms with E-state index in [1.807, 2.05) is 0 Å². The van der Waals surface area contributed by atoms with Crippen LogP contribution in [0, 0.1) is 0 Å². The Kier molecular flexibility index (Phi) is 3.09. The number of hydrogen-bond donors (Lipinski definition) is 1. The first-order valence-corrected chi connectivity index (χ1v) is 4.63. The van der Waals surface area contributed by atoms with Gasteiger partial charge in [0.1, 0.15) is 0 Å². The summed E-state index contributed by atoms with van der Waals surface area (Å²) in [6, 6.07) is 0.917. The topological polar surface area (TPSA) is 32.3 Å². The normalized spacial score (nSPS) is 27.0. The molecule has 12 heavy (non-hydrogen) atoms. The summed E-state index contributed by atoms with van der Waals surface area (Å²) in [6.45, 7) is 8.23. The van der Waals surface area contributed by atoms with E-state index in [9.17, 15) is 4.79 Å². The van der Waals surface area contributed by atoms with Gasteiger partial charge in [0, 0.05) is 31.6 Å². The van der Waals surface area contributed by atoms with Crippen molar-refractivity contribution in [1.29, 1.82) is 0 Å². The van der Waals surface area contributed by atoms with Crippen LogP contribution in [0.3, 0.4) is 0 Å². The van der Waals surface area contributed by atoms with Crippen LogP contribution in [0.25, 0.3) is 0 Å². The highest BCUT2D eigenvalue weighted by atomic mass is 16.1. The Morgan fingerprint density at radius 2 is 2.25 bits per heavy atom. The number of carbonyl (C=O) groups excluding carboxylic acids is 1. The van der Waals surface area contributed by atoms with Crippen LogP contribution >= 0.6 is 0 Å². The zero-order chi connectivity index (χ0) is 9.14. The molecule has 0 saturated carbocycles. The van der Waals surface area contributed by atoms with E-state index in [2.05, 4.69) is 31.0 Å². The third-order valence-corrected chi connectivity index (χ3v) is 2.40. The van der Waals surface area contributed by atoms with E-state index < -0.39 is 0 Å². The van der Waals surface area contributed by atoms with Crippen LogP contribution in [-0.4, -0.2) is 36.0 Å². The number of amides is 1. The van der Waals surface area contributed by atoms with Crippen LogP contribution < -0.4 is 5.32 Å². The lowest BCUT2D eigenvalue weighted by molar-refractivity contribution is -0.121. The van der Waals surface area contributed by atoms with Crippen LogP contribution in [-0.2, 0) is 4.79 Å². The monoisotopic (exact) mass is 170 g/mol. The van der Waals surface area contributed by atoms with Gasteiger partial charge in [0.2, 0.25) is 5.91 Å². The second-order valence-corrected chi connectivity index (χ2v) is 3.73. The molecule has 1 fully saturated rings. The van der Waals surface area contributed by atoms with Gasteiger partial charge >= 0.3 is 0 Å². The Labute approximate surface area is 74.1 Å². The molecule has 1 N–H and O–H groups in total. The first-order valence-electron chi connectivity index (χ1n) is 4.63. The van der Waals surface area contributed by atoms with E-state index in [0.717, 1.165) is 13.1 Å². The summed E-state index contributed by atoms with van der Waals surface area (Å²) in [4.78, 5) is 13.5. The van der Waals surface area contributed by atoms with Crippen molar-refractivity contribution in [3.05, 3.63) is 0 Å². The molecule has 0 bridgehead atoms. The molecular formula is C9H18N2O. The molecule has 1 saturated heterocycles. The van der Waals surface area contributed by atoms with E-state index in [1.54, 1.807) is 0 Å². The molecule has 70 valence electrons. The van der Waals surface area contributed by atoms with E-state index >= 15 is 0 Å². The molecular weight excluding hydrogens is 152 g/mol. The van der Waals surface area contributed by atoms with Crippen molar-refractivity contribution >= 4 is 5.91 Å². The maximum Gasteiger partial charge on any atom is 0.221 e. The molecule has 0 aliphatic carbocycles. The summed E-state index contributed by atoms with van der Waals surface area (Å²) in [7, 11) is 0. The smallest absolute Gasteiger partial charge is 0.221 e. The summed E-state index contributed by atoms with van der Waals surface area (Å²) in [5.74, 6) is 0.186. The van der Waals surface area contributed by atoms with Gasteiger partial charge in [-0.3, -0.25) is 9.69 Å². The summed E-state index contributed by atoms with van der Waals surface area (Å²) in [6.07, 6.45) is 0.637. The molecule has 0 spiro atoms. The number of rotatable bonds is 1. The second-order valence-electron chi connectivity index (χ2n) is 3.73. The lowest BCUT2D eigenvalue weighted by atomic mass is 10.1. The van der Waals surface area contributed by atoms with Gasteiger partial charge in [0.15, 0.2) is 0 Å². The number of hydrogen-bond acceptors (Lipinski definition) is 2. The van der Waals surface area contributed by atoms with Gasteiger partial charge in [-0.05, 0) is 20.8 Å². The Bertz CT molecular complexity index is 168. The zero-order valence-corrected chi connectivity index (χ0v) is 8.13. The molecule has 1 rings (SSSR count). The fourth-order valence-electron chi connectivity index (χ4n) is 1.77. The fourth-order valence-corrected chi connectivity index (χ4v) is 1.77. The minimum absolute atomic E-state index is 0.186. The molecule has 1 atom stereocenters. The quantitative estimate of drug-likeness (QED) is 0.625. The minimum Gasteiger partial charge on any atom is -0.355 e. The van der Waals surface area contributed by atoms with Crippen LogP contribution in [0.2, 0.25) is 0 Å². The Morgan fingerprint density at radius 3 is 2.83 bits per heavy atom. The van der Waals surface area contributed by atoms with Crippen LogP contribution in [0.4, 0.5) is 0 Å². The Balaban J connectivity index is 2.57. The van der Waals surface area contributed by atoms with E-state index in [1.165, 1.54) is 0 Å². The van der Waals surface area contributed by atoms with E-state index in [4.69, 9.17) is 0 Å². The SMILES string of the molecule is CC(C)N1CCNC(=O)CC1C. The lowest BCUT2D eigenvalue weighted by Gasteiger charge is -2.29. The van der Waals surface area contributed by atoms with Gasteiger partial charge in [0.25, 0.3) is 0 Å². The molecule has 0 aromatic rings. The highest BCUT2D eigenvalue weighted by molar-refractivity contribution is 5.76. The molecule has 0 aromatic carbocycles. The minimum atomic E-state index is 0.186. The molecule has 3 heteroatoms. The lowest BCUT2D eigenvalue weighted by Crippen LogP contribution is -2.39. The van der Waals surface area contributed by atoms with Crippen LogP contribution in [0.5, 0.6) is 0 Å². The highest BCUT2D eigenvalue weighted by Crippen LogP contribution is 2.10. The molecule has 0 aromatic heterocycles. The van der Waals surface area contributed by atoms with Crippen molar-refractivity contribution in [3.8, 4) is 0 Å². The number of carbonyl (C=O) groups is 1. The van der Waals surface area contributed by atoms with Crippen LogP contribution in [0.1, 0.15) is 27.2 Å². The van der Waals surface area contributed by atoms with Gasteiger partial charge in [-0.25, -0.2) is 0 Å². The first kappa shape index (κ1) is 9.52. The average molecular weight is 170 g/mol. The van der Waals surface area contributed by atoms with E-state index in [0.29, 0.717) is 18.5 Å². The molecule has 1 unspecified atom stereocenters. The molecule has 1 amide bonds. The van der Waals surface area contributed by atoms with Gasteiger partial charge in [-0.2, -0.15) is 0 Å². The summed E-state index contributed by atoms with van der Waals surface area (Å²) >= 11 is 0. The van der Waals surface area contributed by atoms with Gasteiger partial charge in [0.05, 0.1) is 0 Å². The maximum absolute atomic E-state index is 11.1. The Hall–Kier alpha value is -0.570. The molecule has 1 aliphatic heterocycles. The molecule has 0 radical (unpaired) electrons. The third kappa shape index (κ3) is 2.21. The second kappa shape index (κ2) is 3.90. The van der Waals surface area contributed by atoms with Crippen molar-refractivity contribution in [2.24, 2.45) is 0 Å². The summed E-state index contributed by atoms with van der Waals surface area (Å²) < 4.78 is 0. The summed E-state index contributed by atoms with van der Waals surface area (Å²) in [5.41, 5.74) is 0. The first-order chi connectivity index (χ1) is 5.61. The predicted octanol–water partition coefficient (Wildman–Crippen LogP) is 0.605. The molecule has 1 heterocycles. The van der Waals surface area contributed by atoms with Gasteiger partial charge in [-0.1, -0.05) is 0 Å². The van der Waals surface area contributed by atoms with Gasteiger partial charge in [-0.15, -0.1) is 0 Å². The van der Waals surface area contributed by atoms with E-state index in [-0.39, 0.29) is 5.91 Å². The van der Waals surface area contributed by atoms with Gasteiger partial charge < -0.3 is 5.32 Å². The number of nitrogens with zero attached hydrogens (tertiary/aromatic N) is 1. The zero-order valence-electron chi connectivity index (χ0n) is 8.13. The largest absolute Gasteiger partial charge is 0.355 e. The molecule has 1 aliphatic rings. The number of nitrogens with one attached hydrogen (secondary N) is 1. The average Bonchev–Trinajstić information content (AvgIpc) is 2.10. The third-order valence-electron chi connectivity index (χ3n) is 2.40. The maximum atomic E-state index is 11.1.